The maximum absolute atomic E-state index is 12.9. The SMILES string of the molecule is CONS(=O)(=O)c1ccc(C(=O)N2CCC[C@H]2c2cccc(C)c2)cc1. The van der Waals surface area contributed by atoms with Gasteiger partial charge in [-0.3, -0.25) is 9.63 Å². The van der Waals surface area contributed by atoms with Gasteiger partial charge in [0.1, 0.15) is 0 Å². The Bertz CT molecular complexity index is 894. The highest BCUT2D eigenvalue weighted by atomic mass is 32.2. The zero-order chi connectivity index (χ0) is 18.7. The zero-order valence-corrected chi connectivity index (χ0v) is 15.6. The highest BCUT2D eigenvalue weighted by molar-refractivity contribution is 7.89. The van der Waals surface area contributed by atoms with Crippen LogP contribution in [0.25, 0.3) is 0 Å². The molecule has 6 nitrogen and oxygen atoms in total. The Balaban J connectivity index is 1.82. The summed E-state index contributed by atoms with van der Waals surface area (Å²) < 4.78 is 23.8. The predicted molar refractivity (Wildman–Crippen MR) is 98.0 cm³/mol. The summed E-state index contributed by atoms with van der Waals surface area (Å²) in [5.74, 6) is -0.0855. The molecule has 7 heteroatoms. The summed E-state index contributed by atoms with van der Waals surface area (Å²) >= 11 is 0. The van der Waals surface area contributed by atoms with Gasteiger partial charge in [-0.1, -0.05) is 34.7 Å². The maximum Gasteiger partial charge on any atom is 0.262 e. The zero-order valence-electron chi connectivity index (χ0n) is 14.8. The third-order valence-corrected chi connectivity index (χ3v) is 5.82. The molecule has 0 aromatic heterocycles. The second-order valence-corrected chi connectivity index (χ2v) is 8.03. The number of amides is 1. The molecule has 0 aliphatic carbocycles. The molecule has 1 N–H and O–H groups in total. The van der Waals surface area contributed by atoms with E-state index in [-0.39, 0.29) is 16.8 Å². The van der Waals surface area contributed by atoms with Crippen LogP contribution >= 0.6 is 0 Å². The number of sulfonamides is 1. The molecule has 3 rings (SSSR count). The Morgan fingerprint density at radius 2 is 1.92 bits per heavy atom. The molecule has 1 aliphatic heterocycles. The Hall–Kier alpha value is -2.22. The Kier molecular flexibility index (Phi) is 5.41. The fourth-order valence-corrected chi connectivity index (χ4v) is 4.14. The van der Waals surface area contributed by atoms with E-state index < -0.39 is 10.0 Å². The van der Waals surface area contributed by atoms with Crippen LogP contribution in [-0.4, -0.2) is 32.9 Å². The smallest absolute Gasteiger partial charge is 0.262 e. The van der Waals surface area contributed by atoms with Crippen LogP contribution in [0.3, 0.4) is 0 Å². The quantitative estimate of drug-likeness (QED) is 0.817. The Labute approximate surface area is 153 Å². The van der Waals surface area contributed by atoms with Crippen LogP contribution in [0.2, 0.25) is 0 Å². The summed E-state index contributed by atoms with van der Waals surface area (Å²) in [7, 11) is -2.50. The molecule has 138 valence electrons. The normalized spacial score (nSPS) is 17.5. The number of rotatable bonds is 5. The van der Waals surface area contributed by atoms with Gasteiger partial charge in [-0.15, -0.1) is 0 Å². The number of carbonyl (C=O) groups is 1. The lowest BCUT2D eigenvalue weighted by Gasteiger charge is -2.25. The van der Waals surface area contributed by atoms with E-state index in [0.29, 0.717) is 12.1 Å². The molecule has 0 bridgehead atoms. The molecule has 1 fully saturated rings. The molecule has 1 saturated heterocycles. The third-order valence-electron chi connectivity index (χ3n) is 4.55. The van der Waals surface area contributed by atoms with E-state index in [1.807, 2.05) is 28.8 Å². The molecule has 1 aliphatic rings. The van der Waals surface area contributed by atoms with Gasteiger partial charge in [0.25, 0.3) is 15.9 Å². The van der Waals surface area contributed by atoms with Crippen molar-refractivity contribution in [1.29, 1.82) is 0 Å². The van der Waals surface area contributed by atoms with Crippen LogP contribution < -0.4 is 4.89 Å². The monoisotopic (exact) mass is 374 g/mol. The first kappa shape index (κ1) is 18.6. The largest absolute Gasteiger partial charge is 0.332 e. The van der Waals surface area contributed by atoms with E-state index in [9.17, 15) is 13.2 Å². The fourth-order valence-electron chi connectivity index (χ4n) is 3.33. The van der Waals surface area contributed by atoms with Gasteiger partial charge in [0.2, 0.25) is 0 Å². The Morgan fingerprint density at radius 1 is 1.19 bits per heavy atom. The molecule has 0 spiro atoms. The summed E-state index contributed by atoms with van der Waals surface area (Å²) in [4.78, 5) is 21.3. The van der Waals surface area contributed by atoms with Gasteiger partial charge < -0.3 is 4.90 Å². The van der Waals surface area contributed by atoms with Crippen molar-refractivity contribution in [3.05, 3.63) is 65.2 Å². The predicted octanol–water partition coefficient (Wildman–Crippen LogP) is 2.81. The molecule has 2 aromatic rings. The molecule has 0 radical (unpaired) electrons. The van der Waals surface area contributed by atoms with Crippen LogP contribution in [0.5, 0.6) is 0 Å². The van der Waals surface area contributed by atoms with Crippen LogP contribution in [-0.2, 0) is 14.9 Å². The second kappa shape index (κ2) is 7.57. The highest BCUT2D eigenvalue weighted by Gasteiger charge is 2.30. The van der Waals surface area contributed by atoms with Crippen molar-refractivity contribution in [2.75, 3.05) is 13.7 Å². The molecule has 1 atom stereocenters. The standard InChI is InChI=1S/C19H22N2O4S/c1-14-5-3-6-16(13-14)18-7-4-12-21(18)19(22)15-8-10-17(11-9-15)26(23,24)20-25-2/h3,5-6,8-11,13,18,20H,4,7,12H2,1-2H3/t18-/m0/s1. The second-order valence-electron chi connectivity index (χ2n) is 6.39. The topological polar surface area (TPSA) is 75.7 Å². The number of nitrogens with zero attached hydrogens (tertiary/aromatic N) is 1. The van der Waals surface area contributed by atoms with Crippen LogP contribution in [0.1, 0.15) is 40.4 Å². The van der Waals surface area contributed by atoms with Gasteiger partial charge in [0.15, 0.2) is 0 Å². The number of nitrogens with one attached hydrogen (secondary N) is 1. The van der Waals surface area contributed by atoms with E-state index >= 15 is 0 Å². The molecular formula is C19H22N2O4S. The number of likely N-dealkylation sites (tertiary alicyclic amines) is 1. The minimum absolute atomic E-state index is 0.0487. The van der Waals surface area contributed by atoms with E-state index in [0.717, 1.165) is 18.4 Å². The first-order valence-corrected chi connectivity index (χ1v) is 9.93. The number of hydrogen-bond acceptors (Lipinski definition) is 4. The molecular weight excluding hydrogens is 352 g/mol. The molecule has 0 saturated carbocycles. The lowest BCUT2D eigenvalue weighted by molar-refractivity contribution is 0.0735. The van der Waals surface area contributed by atoms with Gasteiger partial charge in [0.05, 0.1) is 18.0 Å². The summed E-state index contributed by atoms with van der Waals surface area (Å²) in [6.07, 6.45) is 1.88. The van der Waals surface area contributed by atoms with Crippen LogP contribution in [0, 0.1) is 6.92 Å². The van der Waals surface area contributed by atoms with Crippen molar-refractivity contribution < 1.29 is 18.0 Å². The fraction of sp³-hybridized carbons (Fsp3) is 0.316. The minimum atomic E-state index is -3.73. The number of carbonyl (C=O) groups excluding carboxylic acids is 1. The first-order chi connectivity index (χ1) is 12.4. The van der Waals surface area contributed by atoms with Crippen molar-refractivity contribution in [2.45, 2.75) is 30.7 Å². The van der Waals surface area contributed by atoms with E-state index in [4.69, 9.17) is 0 Å². The highest BCUT2D eigenvalue weighted by Crippen LogP contribution is 2.33. The first-order valence-electron chi connectivity index (χ1n) is 8.45. The number of aryl methyl sites for hydroxylation is 1. The van der Waals surface area contributed by atoms with Crippen LogP contribution in [0.4, 0.5) is 0 Å². The number of hydrogen-bond donors (Lipinski definition) is 1. The van der Waals surface area contributed by atoms with Gasteiger partial charge in [0, 0.05) is 12.1 Å². The van der Waals surface area contributed by atoms with E-state index in [1.54, 1.807) is 0 Å². The lowest BCUT2D eigenvalue weighted by atomic mass is 10.0. The van der Waals surface area contributed by atoms with Crippen LogP contribution in [0.15, 0.2) is 53.4 Å². The third kappa shape index (κ3) is 3.80. The van der Waals surface area contributed by atoms with E-state index in [2.05, 4.69) is 17.0 Å². The van der Waals surface area contributed by atoms with Crippen molar-refractivity contribution in [3.63, 3.8) is 0 Å². The van der Waals surface area contributed by atoms with E-state index in [1.165, 1.54) is 36.9 Å². The molecule has 1 heterocycles. The summed E-state index contributed by atoms with van der Waals surface area (Å²) in [5, 5.41) is 0. The molecule has 0 unspecified atom stereocenters. The summed E-state index contributed by atoms with van der Waals surface area (Å²) in [6.45, 7) is 2.74. The molecule has 26 heavy (non-hydrogen) atoms. The Morgan fingerprint density at radius 3 is 2.58 bits per heavy atom. The van der Waals surface area contributed by atoms with Gasteiger partial charge in [-0.05, 0) is 49.6 Å². The lowest BCUT2D eigenvalue weighted by Crippen LogP contribution is -2.30. The van der Waals surface area contributed by atoms with Gasteiger partial charge >= 0.3 is 0 Å². The van der Waals surface area contributed by atoms with Crippen molar-refractivity contribution in [3.8, 4) is 0 Å². The minimum Gasteiger partial charge on any atom is -0.332 e. The maximum atomic E-state index is 12.9. The van der Waals surface area contributed by atoms with Crippen molar-refractivity contribution in [1.82, 2.24) is 9.79 Å². The summed E-state index contributed by atoms with van der Waals surface area (Å²) in [5.41, 5.74) is 2.78. The number of benzene rings is 2. The molecule has 1 amide bonds. The molecule has 2 aromatic carbocycles. The summed E-state index contributed by atoms with van der Waals surface area (Å²) in [6, 6.07) is 14.2. The van der Waals surface area contributed by atoms with Gasteiger partial charge in [-0.25, -0.2) is 8.42 Å². The average Bonchev–Trinajstić information content (AvgIpc) is 3.11. The average molecular weight is 374 g/mol. The van der Waals surface area contributed by atoms with Gasteiger partial charge in [-0.2, -0.15) is 0 Å². The van der Waals surface area contributed by atoms with Crippen molar-refractivity contribution >= 4 is 15.9 Å². The van der Waals surface area contributed by atoms with Crippen molar-refractivity contribution in [2.24, 2.45) is 0 Å².